The van der Waals surface area contributed by atoms with E-state index in [1.165, 1.54) is 12.1 Å². The summed E-state index contributed by atoms with van der Waals surface area (Å²) in [6.07, 6.45) is 5.89. The number of unbranched alkanes of at least 4 members (excludes halogenated alkanes) is 3. The fourth-order valence-corrected chi connectivity index (χ4v) is 9.41. The minimum atomic E-state index is -2.66. The number of alkyl halides is 2. The number of rotatable bonds is 12. The summed E-state index contributed by atoms with van der Waals surface area (Å²) in [5.74, 6) is -1.60. The third-order valence-electron chi connectivity index (χ3n) is 12.4. The van der Waals surface area contributed by atoms with Gasteiger partial charge in [-0.25, -0.2) is 8.78 Å². The Morgan fingerprint density at radius 1 is 0.806 bits per heavy atom. The van der Waals surface area contributed by atoms with Gasteiger partial charge in [0.25, 0.3) is 0 Å². The number of anilines is 1. The molecule has 5 aromatic carbocycles. The lowest BCUT2D eigenvalue weighted by atomic mass is 9.77. The van der Waals surface area contributed by atoms with Crippen molar-refractivity contribution in [2.45, 2.75) is 81.8 Å². The van der Waals surface area contributed by atoms with Crippen LogP contribution in [-0.2, 0) is 15.1 Å². The average molecular weight is 854 g/mol. The molecule has 1 spiro atoms. The number of carbonyl (C=O) groups excluding carboxylic acids is 2. The number of ketones is 1. The third kappa shape index (κ3) is 7.57. The number of phenols is 2. The lowest BCUT2D eigenvalue weighted by molar-refractivity contribution is -0.116. The first kappa shape index (κ1) is 40.9. The summed E-state index contributed by atoms with van der Waals surface area (Å²) >= 11 is 5.22. The van der Waals surface area contributed by atoms with Gasteiger partial charge < -0.3 is 35.3 Å². The van der Waals surface area contributed by atoms with E-state index < -0.39 is 11.5 Å². The number of hydrogen-bond donors (Lipinski definition) is 4. The summed E-state index contributed by atoms with van der Waals surface area (Å²) in [4.78, 5) is 26.9. The van der Waals surface area contributed by atoms with Crippen LogP contribution in [0, 0.1) is 0 Å². The summed E-state index contributed by atoms with van der Waals surface area (Å²) < 4.78 is 43.1. The van der Waals surface area contributed by atoms with Gasteiger partial charge in [-0.05, 0) is 79.8 Å². The summed E-state index contributed by atoms with van der Waals surface area (Å²) in [6, 6.07) is 28.4. The molecule has 12 heteroatoms. The minimum Gasteiger partial charge on any atom is -0.508 e. The highest BCUT2D eigenvalue weighted by Crippen LogP contribution is 2.59. The van der Waals surface area contributed by atoms with E-state index in [-0.39, 0.29) is 42.1 Å². The molecule has 1 fully saturated rings. The zero-order chi connectivity index (χ0) is 43.3. The molecular weight excluding hydrogens is 809 g/mol. The van der Waals surface area contributed by atoms with E-state index in [4.69, 9.17) is 27.4 Å². The number of thiocarbonyl (C=S) groups is 1. The summed E-state index contributed by atoms with van der Waals surface area (Å²) in [7, 11) is 0. The van der Waals surface area contributed by atoms with Crippen molar-refractivity contribution in [1.29, 1.82) is 0 Å². The van der Waals surface area contributed by atoms with Gasteiger partial charge >= 0.3 is 0 Å². The van der Waals surface area contributed by atoms with Crippen LogP contribution in [0.4, 0.5) is 14.5 Å². The van der Waals surface area contributed by atoms with Crippen LogP contribution in [0.15, 0.2) is 110 Å². The van der Waals surface area contributed by atoms with Crippen LogP contribution in [0.1, 0.15) is 108 Å². The van der Waals surface area contributed by atoms with Gasteiger partial charge in [0.2, 0.25) is 11.8 Å². The number of ether oxygens (including phenoxy) is 2. The van der Waals surface area contributed by atoms with Crippen molar-refractivity contribution in [2.75, 3.05) is 5.32 Å². The van der Waals surface area contributed by atoms with Crippen LogP contribution in [0.25, 0.3) is 27.8 Å². The monoisotopic (exact) mass is 853 g/mol. The topological polar surface area (TPSA) is 136 Å². The van der Waals surface area contributed by atoms with E-state index in [2.05, 4.69) is 16.5 Å². The number of halogens is 2. The van der Waals surface area contributed by atoms with E-state index in [0.29, 0.717) is 88.7 Å². The van der Waals surface area contributed by atoms with Gasteiger partial charge in [0, 0.05) is 100 Å². The number of benzene rings is 5. The Morgan fingerprint density at radius 2 is 1.48 bits per heavy atom. The number of fused-ring (bicyclic) bond motifs is 7. The average Bonchev–Trinajstić information content (AvgIpc) is 3.76. The second-order valence-corrected chi connectivity index (χ2v) is 17.0. The maximum absolute atomic E-state index is 14.2. The number of phenolic OH excluding ortho intramolecular Hbond substituents is 2. The molecule has 5 N–H and O–H groups in total. The zero-order valence-electron chi connectivity index (χ0n) is 33.9. The number of aromatic nitrogens is 1. The molecule has 0 unspecified atom stereocenters. The van der Waals surface area contributed by atoms with Crippen molar-refractivity contribution in [3.05, 3.63) is 143 Å². The highest BCUT2D eigenvalue weighted by Gasteiger charge is 2.52. The summed E-state index contributed by atoms with van der Waals surface area (Å²) in [5, 5.41) is 24.4. The molecule has 0 atom stereocenters. The number of nitrogens with zero attached hydrogens (tertiary/aromatic N) is 1. The summed E-state index contributed by atoms with van der Waals surface area (Å²) in [5.41, 5.74) is 12.2. The van der Waals surface area contributed by atoms with Gasteiger partial charge in [-0.1, -0.05) is 68.0 Å². The molecule has 1 amide bonds. The molecule has 0 saturated heterocycles. The second kappa shape index (κ2) is 16.1. The molecular formula is C50H45F2N3O6S. The number of nitrogens with one attached hydrogen (secondary N) is 1. The fourth-order valence-electron chi connectivity index (χ4n) is 9.28. The molecule has 1 aliphatic carbocycles. The fraction of sp³-hybridized carbons (Fsp3) is 0.260. The first-order valence-electron chi connectivity index (χ1n) is 20.9. The zero-order valence-corrected chi connectivity index (χ0v) is 34.7. The molecule has 3 aliphatic rings. The Kier molecular flexibility index (Phi) is 10.6. The lowest BCUT2D eigenvalue weighted by Gasteiger charge is -2.37. The van der Waals surface area contributed by atoms with Crippen molar-refractivity contribution in [3.63, 3.8) is 0 Å². The molecule has 0 radical (unpaired) electrons. The molecule has 0 bridgehead atoms. The third-order valence-corrected chi connectivity index (χ3v) is 12.7. The van der Waals surface area contributed by atoms with Crippen LogP contribution < -0.4 is 15.8 Å². The van der Waals surface area contributed by atoms with Crippen LogP contribution in [0.3, 0.4) is 0 Å². The first-order chi connectivity index (χ1) is 29.8. The quantitative estimate of drug-likeness (QED) is 0.0543. The van der Waals surface area contributed by atoms with Crippen LogP contribution in [0.5, 0.6) is 23.0 Å². The molecule has 9 nitrogen and oxygen atoms in total. The largest absolute Gasteiger partial charge is 0.508 e. The molecule has 62 heavy (non-hydrogen) atoms. The number of hydrogen-bond acceptors (Lipinski definition) is 7. The van der Waals surface area contributed by atoms with Gasteiger partial charge in [0.15, 0.2) is 11.4 Å². The van der Waals surface area contributed by atoms with Gasteiger partial charge in [-0.3, -0.25) is 9.59 Å². The van der Waals surface area contributed by atoms with Crippen molar-refractivity contribution in [1.82, 2.24) is 4.57 Å². The number of nitrogens with two attached hydrogens (primary N) is 1. The first-order valence-corrected chi connectivity index (χ1v) is 21.3. The molecule has 3 heterocycles. The lowest BCUT2D eigenvalue weighted by Crippen LogP contribution is -2.32. The van der Waals surface area contributed by atoms with Crippen molar-refractivity contribution >= 4 is 51.2 Å². The van der Waals surface area contributed by atoms with Crippen LogP contribution >= 0.6 is 12.2 Å². The Bertz CT molecular complexity index is 2750. The summed E-state index contributed by atoms with van der Waals surface area (Å²) in [6.45, 7) is 4.19. The van der Waals surface area contributed by atoms with E-state index in [0.717, 1.165) is 46.0 Å². The normalized spacial score (nSPS) is 15.9. The van der Waals surface area contributed by atoms with E-state index >= 15 is 0 Å². The molecule has 316 valence electrons. The number of carbonyl (C=O) groups is 2. The van der Waals surface area contributed by atoms with Crippen LogP contribution in [-0.4, -0.2) is 37.4 Å². The van der Waals surface area contributed by atoms with Gasteiger partial charge in [0.05, 0.1) is 5.52 Å². The highest BCUT2D eigenvalue weighted by molar-refractivity contribution is 7.80. The van der Waals surface area contributed by atoms with E-state index in [9.17, 15) is 28.6 Å². The number of Topliss-reactive ketones (excluding diaryl/α,β-unsaturated/α-hetero) is 1. The van der Waals surface area contributed by atoms with Crippen LogP contribution in [0.2, 0.25) is 0 Å². The highest BCUT2D eigenvalue weighted by atomic mass is 32.1. The second-order valence-electron chi connectivity index (χ2n) is 16.5. The number of aromatic hydroxyl groups is 2. The van der Waals surface area contributed by atoms with Crippen molar-refractivity contribution < 1.29 is 38.1 Å². The maximum atomic E-state index is 14.2. The Morgan fingerprint density at radius 3 is 2.18 bits per heavy atom. The standard InChI is InChI=1S/C50H45F2N3O6S/c1-29-38-24-31(11-16-40(38)50(61-29)41-17-13-35(56)26-45(41)60-46-27-36(57)14-18-42(46)50)44(58)9-4-2-3-5-10-47(59)54-33-12-15-37-39(30-7-6-8-32(23-30)48(53)62)28-55(43(37)25-33)34-19-21-49(51,52)22-20-34/h6-8,11-18,23-28,34,56-57H,1-5,9-10,19-22H2,(H2,53,62)(H,54,59). The molecule has 1 saturated carbocycles. The predicted molar refractivity (Wildman–Crippen MR) is 239 cm³/mol. The van der Waals surface area contributed by atoms with E-state index in [1.54, 1.807) is 30.3 Å². The van der Waals surface area contributed by atoms with Gasteiger partial charge in [-0.15, -0.1) is 0 Å². The molecule has 9 rings (SSSR count). The Balaban J connectivity index is 0.822. The Hall–Kier alpha value is -6.53. The van der Waals surface area contributed by atoms with Gasteiger partial charge in [0.1, 0.15) is 33.7 Å². The molecule has 2 aliphatic heterocycles. The van der Waals surface area contributed by atoms with Crippen molar-refractivity contribution in [2.24, 2.45) is 5.73 Å². The minimum absolute atomic E-state index is 0.0114. The predicted octanol–water partition coefficient (Wildman–Crippen LogP) is 11.7. The van der Waals surface area contributed by atoms with Crippen molar-refractivity contribution in [3.8, 4) is 34.1 Å². The smallest absolute Gasteiger partial charge is 0.248 e. The van der Waals surface area contributed by atoms with E-state index in [1.807, 2.05) is 60.8 Å². The molecule has 6 aromatic rings. The number of amides is 1. The maximum Gasteiger partial charge on any atom is 0.248 e. The molecule has 1 aromatic heterocycles. The SMILES string of the molecule is C=C1OC2(c3ccc(O)cc3Oc3cc(O)ccc32)c2ccc(C(=O)CCCCCCC(=O)Nc3ccc4c(-c5cccc(C(N)=S)c5)cn(C5CCC(F)(F)CC5)c4c3)cc21. The Labute approximate surface area is 362 Å². The van der Waals surface area contributed by atoms with Gasteiger partial charge in [-0.2, -0.15) is 0 Å².